The first-order valence-electron chi connectivity index (χ1n) is 7.35. The van der Waals surface area contributed by atoms with Crippen LogP contribution in [0.15, 0.2) is 23.1 Å². The lowest BCUT2D eigenvalue weighted by molar-refractivity contribution is -0.117. The molecule has 1 aromatic carbocycles. The first kappa shape index (κ1) is 14.7. The average Bonchev–Trinajstić information content (AvgIpc) is 2.80. The summed E-state index contributed by atoms with van der Waals surface area (Å²) in [4.78, 5) is 11.7. The summed E-state index contributed by atoms with van der Waals surface area (Å²) in [6, 6.07) is 5.14. The van der Waals surface area contributed by atoms with E-state index in [4.69, 9.17) is 5.73 Å². The minimum atomic E-state index is -3.52. The zero-order valence-corrected chi connectivity index (χ0v) is 12.7. The third kappa shape index (κ3) is 3.17. The van der Waals surface area contributed by atoms with Crippen LogP contribution in [-0.4, -0.2) is 26.3 Å². The van der Waals surface area contributed by atoms with Crippen LogP contribution in [0.4, 0.5) is 0 Å². The van der Waals surface area contributed by atoms with E-state index < -0.39 is 10.0 Å². The number of hydrogen-bond acceptors (Lipinski definition) is 4. The predicted octanol–water partition coefficient (Wildman–Crippen LogP) is 0.902. The van der Waals surface area contributed by atoms with Crippen LogP contribution in [0.2, 0.25) is 0 Å². The summed E-state index contributed by atoms with van der Waals surface area (Å²) in [5, 5.41) is 0. The molecule has 0 bridgehead atoms. The highest BCUT2D eigenvalue weighted by Crippen LogP contribution is 2.24. The fraction of sp³-hybridized carbons (Fsp3) is 0.533. The van der Waals surface area contributed by atoms with Gasteiger partial charge >= 0.3 is 0 Å². The van der Waals surface area contributed by atoms with Gasteiger partial charge in [-0.15, -0.1) is 0 Å². The number of rotatable bonds is 3. The third-order valence-electron chi connectivity index (χ3n) is 4.36. The summed E-state index contributed by atoms with van der Waals surface area (Å²) < 4.78 is 27.6. The molecule has 1 aromatic rings. The molecule has 0 radical (unpaired) electrons. The van der Waals surface area contributed by atoms with Gasteiger partial charge in [-0.3, -0.25) is 4.79 Å². The van der Waals surface area contributed by atoms with Crippen molar-refractivity contribution in [2.24, 2.45) is 5.73 Å². The second-order valence-corrected chi connectivity index (χ2v) is 7.77. The van der Waals surface area contributed by atoms with Crippen molar-refractivity contribution in [2.75, 3.05) is 0 Å². The smallest absolute Gasteiger partial charge is 0.240 e. The molecule has 2 aliphatic rings. The van der Waals surface area contributed by atoms with Crippen LogP contribution in [0.25, 0.3) is 0 Å². The van der Waals surface area contributed by atoms with E-state index in [0.717, 1.165) is 36.8 Å². The van der Waals surface area contributed by atoms with Crippen LogP contribution < -0.4 is 10.5 Å². The minimum absolute atomic E-state index is 0.0373. The van der Waals surface area contributed by atoms with Crippen molar-refractivity contribution < 1.29 is 13.2 Å². The first-order chi connectivity index (χ1) is 9.94. The van der Waals surface area contributed by atoms with Gasteiger partial charge in [-0.05, 0) is 48.9 Å². The molecule has 3 N–H and O–H groups in total. The molecular weight excluding hydrogens is 288 g/mol. The summed E-state index contributed by atoms with van der Waals surface area (Å²) in [6.07, 6.45) is 4.03. The zero-order chi connectivity index (χ0) is 15.0. The van der Waals surface area contributed by atoms with Gasteiger partial charge in [0.15, 0.2) is 0 Å². The molecule has 0 heterocycles. The maximum absolute atomic E-state index is 12.4. The lowest BCUT2D eigenvalue weighted by Gasteiger charge is -2.26. The van der Waals surface area contributed by atoms with Gasteiger partial charge in [0, 0.05) is 24.9 Å². The van der Waals surface area contributed by atoms with E-state index in [0.29, 0.717) is 12.8 Å². The van der Waals surface area contributed by atoms with E-state index >= 15 is 0 Å². The molecule has 0 unspecified atom stereocenters. The monoisotopic (exact) mass is 308 g/mol. The summed E-state index contributed by atoms with van der Waals surface area (Å²) in [5.41, 5.74) is 7.63. The molecule has 0 aromatic heterocycles. The lowest BCUT2D eigenvalue weighted by Crippen LogP contribution is -2.40. The van der Waals surface area contributed by atoms with Gasteiger partial charge in [-0.2, -0.15) is 0 Å². The molecule has 5 nitrogen and oxygen atoms in total. The summed E-state index contributed by atoms with van der Waals surface area (Å²) in [6.45, 7) is 0. The Bertz CT molecular complexity index is 661. The normalized spacial score (nSPS) is 25.9. The van der Waals surface area contributed by atoms with Crippen molar-refractivity contribution in [2.45, 2.75) is 55.5 Å². The molecule has 1 fully saturated rings. The molecule has 114 valence electrons. The quantitative estimate of drug-likeness (QED) is 0.868. The maximum atomic E-state index is 12.4. The van der Waals surface area contributed by atoms with Crippen LogP contribution in [-0.2, 0) is 27.7 Å². The minimum Gasteiger partial charge on any atom is -0.328 e. The second-order valence-electron chi connectivity index (χ2n) is 6.06. The molecule has 3 rings (SSSR count). The number of Topliss-reactive ketones (excluding diaryl/α,β-unsaturated/α-hetero) is 1. The van der Waals surface area contributed by atoms with Crippen LogP contribution in [0.5, 0.6) is 0 Å². The zero-order valence-electron chi connectivity index (χ0n) is 11.8. The summed E-state index contributed by atoms with van der Waals surface area (Å²) >= 11 is 0. The number of hydrogen-bond donors (Lipinski definition) is 2. The van der Waals surface area contributed by atoms with E-state index in [2.05, 4.69) is 4.72 Å². The number of sulfonamides is 1. The largest absolute Gasteiger partial charge is 0.328 e. The summed E-state index contributed by atoms with van der Waals surface area (Å²) in [5.74, 6) is 0.147. The number of nitrogens with two attached hydrogens (primary N) is 1. The van der Waals surface area contributed by atoms with E-state index in [1.165, 1.54) is 0 Å². The van der Waals surface area contributed by atoms with Gasteiger partial charge in [-0.25, -0.2) is 13.1 Å². The molecule has 0 saturated heterocycles. The molecule has 0 amide bonds. The number of nitrogens with one attached hydrogen (secondary N) is 1. The molecule has 6 heteroatoms. The van der Waals surface area contributed by atoms with Gasteiger partial charge in [0.05, 0.1) is 4.90 Å². The summed E-state index contributed by atoms with van der Waals surface area (Å²) in [7, 11) is -3.52. The number of carbonyl (C=O) groups excluding carboxylic acids is 1. The Morgan fingerprint density at radius 2 is 1.71 bits per heavy atom. The van der Waals surface area contributed by atoms with Gasteiger partial charge in [-0.1, -0.05) is 6.07 Å². The van der Waals surface area contributed by atoms with Crippen LogP contribution in [0.1, 0.15) is 36.8 Å². The highest BCUT2D eigenvalue weighted by atomic mass is 32.2. The molecule has 0 aliphatic heterocycles. The molecule has 1 saturated carbocycles. The van der Waals surface area contributed by atoms with Crippen molar-refractivity contribution in [3.8, 4) is 0 Å². The van der Waals surface area contributed by atoms with Gasteiger partial charge in [0.25, 0.3) is 0 Å². The van der Waals surface area contributed by atoms with E-state index in [1.807, 2.05) is 0 Å². The Hall–Kier alpha value is -1.24. The van der Waals surface area contributed by atoms with Gasteiger partial charge in [0.1, 0.15) is 5.78 Å². The van der Waals surface area contributed by atoms with Crippen molar-refractivity contribution in [1.82, 2.24) is 4.72 Å². The Balaban J connectivity index is 1.76. The Kier molecular flexibility index (Phi) is 3.86. The van der Waals surface area contributed by atoms with Crippen molar-refractivity contribution in [3.63, 3.8) is 0 Å². The average molecular weight is 308 g/mol. The number of ketones is 1. The number of benzene rings is 1. The van der Waals surface area contributed by atoms with Crippen LogP contribution in [0, 0.1) is 0 Å². The Morgan fingerprint density at radius 1 is 1.05 bits per heavy atom. The highest BCUT2D eigenvalue weighted by molar-refractivity contribution is 7.89. The van der Waals surface area contributed by atoms with Gasteiger partial charge < -0.3 is 5.73 Å². The lowest BCUT2D eigenvalue weighted by atomic mass is 9.93. The first-order valence-corrected chi connectivity index (χ1v) is 8.84. The standard InChI is InChI=1S/C15H20N2O3S/c16-12-2-4-13(5-3-12)17-21(19,20)15-6-1-10-7-14(18)8-11(10)9-15/h1,6,9,12-13,17H,2-5,7-8,16H2. The topological polar surface area (TPSA) is 89.3 Å². The van der Waals surface area contributed by atoms with Crippen LogP contribution in [0.3, 0.4) is 0 Å². The highest BCUT2D eigenvalue weighted by Gasteiger charge is 2.26. The molecule has 0 spiro atoms. The molecule has 0 atom stereocenters. The fourth-order valence-corrected chi connectivity index (χ4v) is 4.47. The Morgan fingerprint density at radius 3 is 2.43 bits per heavy atom. The predicted molar refractivity (Wildman–Crippen MR) is 79.4 cm³/mol. The van der Waals surface area contributed by atoms with Crippen molar-refractivity contribution in [1.29, 1.82) is 0 Å². The van der Waals surface area contributed by atoms with Gasteiger partial charge in [0.2, 0.25) is 10.0 Å². The number of carbonyl (C=O) groups is 1. The molecule has 2 aliphatic carbocycles. The van der Waals surface area contributed by atoms with Crippen molar-refractivity contribution in [3.05, 3.63) is 29.3 Å². The van der Waals surface area contributed by atoms with E-state index in [-0.39, 0.29) is 22.8 Å². The Labute approximate surface area is 125 Å². The van der Waals surface area contributed by atoms with E-state index in [1.54, 1.807) is 18.2 Å². The maximum Gasteiger partial charge on any atom is 0.240 e. The molecule has 21 heavy (non-hydrogen) atoms. The van der Waals surface area contributed by atoms with Crippen molar-refractivity contribution >= 4 is 15.8 Å². The fourth-order valence-electron chi connectivity index (χ4n) is 3.12. The SMILES string of the molecule is NC1CCC(NS(=O)(=O)c2ccc3c(c2)CC(=O)C3)CC1. The van der Waals surface area contributed by atoms with E-state index in [9.17, 15) is 13.2 Å². The number of fused-ring (bicyclic) bond motifs is 1. The third-order valence-corrected chi connectivity index (χ3v) is 5.88. The van der Waals surface area contributed by atoms with Crippen LogP contribution >= 0.6 is 0 Å². The molecular formula is C15H20N2O3S. The second kappa shape index (κ2) is 5.51.